The van der Waals surface area contributed by atoms with Crippen LogP contribution in [-0.2, 0) is 6.54 Å². The standard InChI is InChI=1S/C16H20FNO/c1-2-18(15-8-9-15)12-14-7-6-13(11-16(14)17)5-3-4-10-19/h6-7,11,15,19H,2,4,8-10,12H2,1H3. The van der Waals surface area contributed by atoms with E-state index in [1.165, 1.54) is 18.9 Å². The van der Waals surface area contributed by atoms with Crippen LogP contribution in [0, 0.1) is 17.7 Å². The minimum absolute atomic E-state index is 0.0421. The highest BCUT2D eigenvalue weighted by molar-refractivity contribution is 5.37. The summed E-state index contributed by atoms with van der Waals surface area (Å²) in [5.74, 6) is 5.47. The van der Waals surface area contributed by atoms with Gasteiger partial charge in [0.1, 0.15) is 5.82 Å². The fraction of sp³-hybridized carbons (Fsp3) is 0.500. The van der Waals surface area contributed by atoms with Crippen LogP contribution in [0.3, 0.4) is 0 Å². The van der Waals surface area contributed by atoms with E-state index in [0.29, 0.717) is 24.6 Å². The lowest BCUT2D eigenvalue weighted by Crippen LogP contribution is -2.25. The van der Waals surface area contributed by atoms with Crippen molar-refractivity contribution in [3.63, 3.8) is 0 Å². The van der Waals surface area contributed by atoms with E-state index in [-0.39, 0.29) is 12.4 Å². The molecule has 1 N–H and O–H groups in total. The van der Waals surface area contributed by atoms with E-state index < -0.39 is 0 Å². The number of aliphatic hydroxyl groups excluding tert-OH is 1. The van der Waals surface area contributed by atoms with E-state index in [1.807, 2.05) is 12.1 Å². The van der Waals surface area contributed by atoms with Crippen molar-refractivity contribution < 1.29 is 9.50 Å². The van der Waals surface area contributed by atoms with Gasteiger partial charge in [0.15, 0.2) is 0 Å². The first-order valence-electron chi connectivity index (χ1n) is 6.86. The normalized spacial score (nSPS) is 14.3. The van der Waals surface area contributed by atoms with E-state index >= 15 is 0 Å². The number of rotatable bonds is 5. The number of benzene rings is 1. The molecule has 3 heteroatoms. The molecule has 0 radical (unpaired) electrons. The van der Waals surface area contributed by atoms with E-state index in [1.54, 1.807) is 0 Å². The van der Waals surface area contributed by atoms with Gasteiger partial charge < -0.3 is 5.11 Å². The average molecular weight is 261 g/mol. The van der Waals surface area contributed by atoms with E-state index in [9.17, 15) is 4.39 Å². The van der Waals surface area contributed by atoms with Crippen molar-refractivity contribution in [2.24, 2.45) is 0 Å². The molecule has 0 unspecified atom stereocenters. The van der Waals surface area contributed by atoms with Crippen LogP contribution in [0.25, 0.3) is 0 Å². The molecule has 0 aromatic heterocycles. The Bertz CT molecular complexity index is 485. The van der Waals surface area contributed by atoms with Crippen molar-refractivity contribution in [2.45, 2.75) is 38.8 Å². The van der Waals surface area contributed by atoms with Gasteiger partial charge in [-0.2, -0.15) is 0 Å². The minimum Gasteiger partial charge on any atom is -0.395 e. The second-order valence-corrected chi connectivity index (χ2v) is 4.88. The zero-order valence-corrected chi connectivity index (χ0v) is 11.3. The molecule has 2 rings (SSSR count). The Hall–Kier alpha value is -1.37. The first-order chi connectivity index (χ1) is 9.24. The van der Waals surface area contributed by atoms with Gasteiger partial charge in [-0.3, -0.25) is 4.90 Å². The molecule has 1 aliphatic rings. The third-order valence-corrected chi connectivity index (χ3v) is 3.37. The lowest BCUT2D eigenvalue weighted by Gasteiger charge is -2.20. The van der Waals surface area contributed by atoms with Gasteiger partial charge in [0.2, 0.25) is 0 Å². The molecule has 1 saturated carbocycles. The fourth-order valence-electron chi connectivity index (χ4n) is 2.13. The molecule has 0 spiro atoms. The Morgan fingerprint density at radius 1 is 1.42 bits per heavy atom. The summed E-state index contributed by atoms with van der Waals surface area (Å²) >= 11 is 0. The first-order valence-corrected chi connectivity index (χ1v) is 6.86. The van der Waals surface area contributed by atoms with Gasteiger partial charge in [0.25, 0.3) is 0 Å². The maximum atomic E-state index is 14.0. The number of aliphatic hydroxyl groups is 1. The van der Waals surface area contributed by atoms with E-state index in [0.717, 1.165) is 12.1 Å². The van der Waals surface area contributed by atoms with Gasteiger partial charge in [0.05, 0.1) is 6.61 Å². The smallest absolute Gasteiger partial charge is 0.128 e. The molecule has 1 aromatic rings. The number of hydrogen-bond acceptors (Lipinski definition) is 2. The zero-order chi connectivity index (χ0) is 13.7. The summed E-state index contributed by atoms with van der Waals surface area (Å²) in [6.07, 6.45) is 2.90. The van der Waals surface area contributed by atoms with Gasteiger partial charge in [-0.25, -0.2) is 4.39 Å². The molecule has 19 heavy (non-hydrogen) atoms. The fourth-order valence-corrected chi connectivity index (χ4v) is 2.13. The third kappa shape index (κ3) is 4.05. The molecule has 0 bridgehead atoms. The summed E-state index contributed by atoms with van der Waals surface area (Å²) in [7, 11) is 0. The molecule has 0 aliphatic heterocycles. The topological polar surface area (TPSA) is 23.5 Å². The van der Waals surface area contributed by atoms with Crippen LogP contribution >= 0.6 is 0 Å². The molecule has 2 nitrogen and oxygen atoms in total. The molecular weight excluding hydrogens is 241 g/mol. The van der Waals surface area contributed by atoms with Crippen molar-refractivity contribution in [2.75, 3.05) is 13.2 Å². The highest BCUT2D eigenvalue weighted by atomic mass is 19.1. The lowest BCUT2D eigenvalue weighted by molar-refractivity contribution is 0.265. The third-order valence-electron chi connectivity index (χ3n) is 3.37. The van der Waals surface area contributed by atoms with Crippen molar-refractivity contribution in [1.29, 1.82) is 0 Å². The Morgan fingerprint density at radius 3 is 2.79 bits per heavy atom. The predicted octanol–water partition coefficient (Wildman–Crippen LogP) is 2.54. The summed E-state index contributed by atoms with van der Waals surface area (Å²) in [5, 5.41) is 8.65. The lowest BCUT2D eigenvalue weighted by atomic mass is 10.1. The quantitative estimate of drug-likeness (QED) is 0.823. The predicted molar refractivity (Wildman–Crippen MR) is 74.1 cm³/mol. The van der Waals surface area contributed by atoms with Crippen LogP contribution in [-0.4, -0.2) is 29.2 Å². The van der Waals surface area contributed by atoms with Crippen LogP contribution in [0.5, 0.6) is 0 Å². The van der Waals surface area contributed by atoms with Crippen LogP contribution < -0.4 is 0 Å². The largest absolute Gasteiger partial charge is 0.395 e. The Kier molecular flexibility index (Phi) is 4.95. The molecule has 1 aromatic carbocycles. The van der Waals surface area contributed by atoms with Gasteiger partial charge in [0, 0.05) is 30.1 Å². The molecule has 0 saturated heterocycles. The van der Waals surface area contributed by atoms with Gasteiger partial charge >= 0.3 is 0 Å². The number of halogens is 1. The van der Waals surface area contributed by atoms with Crippen molar-refractivity contribution in [1.82, 2.24) is 4.90 Å². The first kappa shape index (κ1) is 14.0. The summed E-state index contributed by atoms with van der Waals surface area (Å²) in [4.78, 5) is 2.32. The van der Waals surface area contributed by atoms with Crippen molar-refractivity contribution >= 4 is 0 Å². The number of nitrogens with zero attached hydrogens (tertiary/aromatic N) is 1. The molecule has 0 atom stereocenters. The second-order valence-electron chi connectivity index (χ2n) is 4.88. The van der Waals surface area contributed by atoms with Crippen molar-refractivity contribution in [3.8, 4) is 11.8 Å². The number of hydrogen-bond donors (Lipinski definition) is 1. The van der Waals surface area contributed by atoms with Crippen LogP contribution in [0.2, 0.25) is 0 Å². The maximum Gasteiger partial charge on any atom is 0.128 e. The van der Waals surface area contributed by atoms with Crippen molar-refractivity contribution in [3.05, 3.63) is 35.1 Å². The Balaban J connectivity index is 2.04. The molecular formula is C16H20FNO. The molecule has 0 amide bonds. The van der Waals surface area contributed by atoms with E-state index in [4.69, 9.17) is 5.11 Å². The molecule has 0 heterocycles. The summed E-state index contributed by atoms with van der Waals surface area (Å²) in [6.45, 7) is 3.80. The van der Waals surface area contributed by atoms with Gasteiger partial charge in [-0.05, 0) is 31.5 Å². The Labute approximate surface area is 114 Å². The Morgan fingerprint density at radius 2 is 2.21 bits per heavy atom. The minimum atomic E-state index is -0.185. The van der Waals surface area contributed by atoms with Crippen LogP contribution in [0.15, 0.2) is 18.2 Å². The molecule has 1 aliphatic carbocycles. The van der Waals surface area contributed by atoms with Crippen LogP contribution in [0.4, 0.5) is 4.39 Å². The average Bonchev–Trinajstić information content (AvgIpc) is 3.23. The summed E-state index contributed by atoms with van der Waals surface area (Å²) < 4.78 is 14.0. The highest BCUT2D eigenvalue weighted by Crippen LogP contribution is 2.28. The van der Waals surface area contributed by atoms with E-state index in [2.05, 4.69) is 23.7 Å². The second kappa shape index (κ2) is 6.70. The van der Waals surface area contributed by atoms with Gasteiger partial charge in [-0.15, -0.1) is 0 Å². The maximum absolute atomic E-state index is 14.0. The SMILES string of the molecule is CCN(Cc1ccc(C#CCCO)cc1F)C1CC1. The zero-order valence-electron chi connectivity index (χ0n) is 11.3. The highest BCUT2D eigenvalue weighted by Gasteiger charge is 2.28. The van der Waals surface area contributed by atoms with Gasteiger partial charge in [-0.1, -0.05) is 24.8 Å². The summed E-state index contributed by atoms with van der Waals surface area (Å²) in [5.41, 5.74) is 1.41. The molecule has 102 valence electrons. The summed E-state index contributed by atoms with van der Waals surface area (Å²) in [6, 6.07) is 5.81. The van der Waals surface area contributed by atoms with Crippen LogP contribution in [0.1, 0.15) is 37.3 Å². The molecule has 1 fully saturated rings. The monoisotopic (exact) mass is 261 g/mol.